The average Bonchev–Trinajstić information content (AvgIpc) is 2.32. The second-order valence-corrected chi connectivity index (χ2v) is 4.80. The Balaban J connectivity index is 2.29. The van der Waals surface area contributed by atoms with Gasteiger partial charge in [-0.05, 0) is 25.7 Å². The molecule has 0 saturated heterocycles. The van der Waals surface area contributed by atoms with Crippen molar-refractivity contribution in [2.45, 2.75) is 70.6 Å². The van der Waals surface area contributed by atoms with Crippen LogP contribution in [0.15, 0.2) is 0 Å². The first-order chi connectivity index (χ1) is 7.93. The third kappa shape index (κ3) is 6.67. The van der Waals surface area contributed by atoms with E-state index in [1.165, 1.54) is 38.5 Å². The Hall–Kier alpha value is -0.770. The quantitative estimate of drug-likeness (QED) is 0.480. The molecule has 0 heterocycles. The topological polar surface area (TPSA) is 17.1 Å². The van der Waals surface area contributed by atoms with E-state index in [4.69, 9.17) is 0 Å². The zero-order valence-corrected chi connectivity index (χ0v) is 10.3. The Labute approximate surface area is 100 Å². The van der Waals surface area contributed by atoms with Gasteiger partial charge in [0.15, 0.2) is 0 Å². The van der Waals surface area contributed by atoms with Crippen molar-refractivity contribution < 1.29 is 4.79 Å². The SMILES string of the molecule is O=CC1CCCC#CCCCCCCCC1. The molecule has 0 amide bonds. The molecule has 1 aliphatic carbocycles. The Kier molecular flexibility index (Phi) is 7.86. The number of hydrogen-bond acceptors (Lipinski definition) is 1. The molecule has 1 unspecified atom stereocenters. The summed E-state index contributed by atoms with van der Waals surface area (Å²) in [6.45, 7) is 0. The predicted octanol–water partition coefficient (Wildman–Crippen LogP) is 4.11. The fourth-order valence-electron chi connectivity index (χ4n) is 2.24. The maximum atomic E-state index is 10.9. The molecule has 0 saturated carbocycles. The highest BCUT2D eigenvalue weighted by molar-refractivity contribution is 5.53. The van der Waals surface area contributed by atoms with Crippen molar-refractivity contribution in [1.29, 1.82) is 0 Å². The van der Waals surface area contributed by atoms with Gasteiger partial charge in [0.05, 0.1) is 0 Å². The lowest BCUT2D eigenvalue weighted by atomic mass is 9.96. The van der Waals surface area contributed by atoms with Crippen molar-refractivity contribution >= 4 is 6.29 Å². The van der Waals surface area contributed by atoms with Crippen LogP contribution in [0.1, 0.15) is 70.6 Å². The van der Waals surface area contributed by atoms with Crippen LogP contribution in [0.2, 0.25) is 0 Å². The van der Waals surface area contributed by atoms with Crippen molar-refractivity contribution in [2.24, 2.45) is 5.92 Å². The van der Waals surface area contributed by atoms with Crippen LogP contribution in [-0.4, -0.2) is 6.29 Å². The third-order valence-corrected chi connectivity index (χ3v) is 3.32. The zero-order chi connectivity index (χ0) is 11.5. The van der Waals surface area contributed by atoms with Crippen LogP contribution in [0, 0.1) is 17.8 Å². The van der Waals surface area contributed by atoms with Crippen LogP contribution in [0.5, 0.6) is 0 Å². The summed E-state index contributed by atoms with van der Waals surface area (Å²) >= 11 is 0. The maximum absolute atomic E-state index is 10.9. The molecule has 0 N–H and O–H groups in total. The Morgan fingerprint density at radius 2 is 1.31 bits per heavy atom. The van der Waals surface area contributed by atoms with Crippen molar-refractivity contribution in [3.05, 3.63) is 0 Å². The van der Waals surface area contributed by atoms with E-state index >= 15 is 0 Å². The van der Waals surface area contributed by atoms with Gasteiger partial charge in [-0.25, -0.2) is 0 Å². The first kappa shape index (κ1) is 13.3. The average molecular weight is 220 g/mol. The molecule has 0 aromatic heterocycles. The van der Waals surface area contributed by atoms with E-state index in [2.05, 4.69) is 11.8 Å². The molecular formula is C15H24O. The molecule has 16 heavy (non-hydrogen) atoms. The van der Waals surface area contributed by atoms with Crippen LogP contribution in [0.25, 0.3) is 0 Å². The number of hydrogen-bond donors (Lipinski definition) is 0. The fraction of sp³-hybridized carbons (Fsp3) is 0.800. The Bertz CT molecular complexity index is 234. The number of carbonyl (C=O) groups excluding carboxylic acids is 1. The molecular weight excluding hydrogens is 196 g/mol. The molecule has 0 aliphatic heterocycles. The van der Waals surface area contributed by atoms with E-state index in [0.29, 0.717) is 5.92 Å². The van der Waals surface area contributed by atoms with E-state index in [0.717, 1.165) is 38.4 Å². The maximum Gasteiger partial charge on any atom is 0.123 e. The molecule has 1 heteroatoms. The molecule has 0 radical (unpaired) electrons. The highest BCUT2D eigenvalue weighted by atomic mass is 16.1. The standard InChI is InChI=1S/C15H24O/c16-14-15-12-10-8-6-4-2-1-3-5-7-9-11-13-15/h14-15H,1-4,6,8-13H2. The smallest absolute Gasteiger partial charge is 0.123 e. The summed E-state index contributed by atoms with van der Waals surface area (Å²) in [4.78, 5) is 10.9. The van der Waals surface area contributed by atoms with Gasteiger partial charge in [0.1, 0.15) is 6.29 Å². The van der Waals surface area contributed by atoms with Crippen LogP contribution >= 0.6 is 0 Å². The molecule has 0 fully saturated rings. The highest BCUT2D eigenvalue weighted by Crippen LogP contribution is 2.16. The molecule has 1 nitrogen and oxygen atoms in total. The molecule has 1 aliphatic rings. The Morgan fingerprint density at radius 3 is 2.06 bits per heavy atom. The molecule has 0 bridgehead atoms. The van der Waals surface area contributed by atoms with E-state index in [1.807, 2.05) is 0 Å². The summed E-state index contributed by atoms with van der Waals surface area (Å²) in [7, 11) is 0. The van der Waals surface area contributed by atoms with Gasteiger partial charge in [0, 0.05) is 18.8 Å². The van der Waals surface area contributed by atoms with Crippen molar-refractivity contribution in [3.8, 4) is 11.8 Å². The normalized spacial score (nSPS) is 24.9. The van der Waals surface area contributed by atoms with Gasteiger partial charge >= 0.3 is 0 Å². The van der Waals surface area contributed by atoms with Gasteiger partial charge in [-0.2, -0.15) is 0 Å². The minimum atomic E-state index is 0.296. The summed E-state index contributed by atoms with van der Waals surface area (Å²) in [6.07, 6.45) is 14.2. The lowest BCUT2D eigenvalue weighted by Crippen LogP contribution is -2.02. The Morgan fingerprint density at radius 1 is 0.750 bits per heavy atom. The molecule has 1 rings (SSSR count). The minimum Gasteiger partial charge on any atom is -0.303 e. The molecule has 0 aromatic rings. The van der Waals surface area contributed by atoms with Crippen molar-refractivity contribution in [3.63, 3.8) is 0 Å². The monoisotopic (exact) mass is 220 g/mol. The molecule has 1 atom stereocenters. The van der Waals surface area contributed by atoms with Crippen molar-refractivity contribution in [2.75, 3.05) is 0 Å². The van der Waals surface area contributed by atoms with Gasteiger partial charge in [0.2, 0.25) is 0 Å². The van der Waals surface area contributed by atoms with E-state index in [9.17, 15) is 4.79 Å². The lowest BCUT2D eigenvalue weighted by Gasteiger charge is -2.09. The van der Waals surface area contributed by atoms with Gasteiger partial charge in [-0.1, -0.05) is 32.1 Å². The van der Waals surface area contributed by atoms with Crippen LogP contribution in [0.3, 0.4) is 0 Å². The third-order valence-electron chi connectivity index (χ3n) is 3.32. The minimum absolute atomic E-state index is 0.296. The summed E-state index contributed by atoms with van der Waals surface area (Å²) < 4.78 is 0. The zero-order valence-electron chi connectivity index (χ0n) is 10.3. The summed E-state index contributed by atoms with van der Waals surface area (Å²) in [5.74, 6) is 6.75. The summed E-state index contributed by atoms with van der Waals surface area (Å²) in [5, 5.41) is 0. The highest BCUT2D eigenvalue weighted by Gasteiger charge is 2.06. The summed E-state index contributed by atoms with van der Waals surface area (Å²) in [6, 6.07) is 0. The molecule has 0 aromatic carbocycles. The van der Waals surface area contributed by atoms with Crippen LogP contribution in [-0.2, 0) is 4.79 Å². The van der Waals surface area contributed by atoms with E-state index in [-0.39, 0.29) is 0 Å². The first-order valence-corrected chi connectivity index (χ1v) is 6.84. The lowest BCUT2D eigenvalue weighted by molar-refractivity contribution is -0.111. The molecule has 90 valence electrons. The van der Waals surface area contributed by atoms with Gasteiger partial charge in [0.25, 0.3) is 0 Å². The second kappa shape index (κ2) is 9.46. The van der Waals surface area contributed by atoms with Crippen molar-refractivity contribution in [1.82, 2.24) is 0 Å². The predicted molar refractivity (Wildman–Crippen MR) is 68.1 cm³/mol. The number of aldehydes is 1. The fourth-order valence-corrected chi connectivity index (χ4v) is 2.24. The first-order valence-electron chi connectivity index (χ1n) is 6.84. The van der Waals surface area contributed by atoms with Gasteiger partial charge in [-0.3, -0.25) is 0 Å². The van der Waals surface area contributed by atoms with Crippen LogP contribution < -0.4 is 0 Å². The number of rotatable bonds is 1. The largest absolute Gasteiger partial charge is 0.303 e. The van der Waals surface area contributed by atoms with Crippen LogP contribution in [0.4, 0.5) is 0 Å². The molecule has 0 spiro atoms. The number of carbonyl (C=O) groups is 1. The van der Waals surface area contributed by atoms with E-state index in [1.54, 1.807) is 0 Å². The van der Waals surface area contributed by atoms with Gasteiger partial charge < -0.3 is 4.79 Å². The second-order valence-electron chi connectivity index (χ2n) is 4.80. The van der Waals surface area contributed by atoms with Gasteiger partial charge in [-0.15, -0.1) is 11.8 Å². The summed E-state index contributed by atoms with van der Waals surface area (Å²) in [5.41, 5.74) is 0. The van der Waals surface area contributed by atoms with E-state index < -0.39 is 0 Å².